The Hall–Kier alpha value is -2.55. The normalized spacial score (nSPS) is 11.5. The molecule has 144 valence electrons. The van der Waals surface area contributed by atoms with E-state index in [1.54, 1.807) is 7.11 Å². The molecule has 0 aliphatic rings. The molecule has 8 heteroatoms. The molecule has 0 unspecified atom stereocenters. The number of halogens is 1. The van der Waals surface area contributed by atoms with Gasteiger partial charge in [-0.15, -0.1) is 0 Å². The fraction of sp³-hybridized carbons (Fsp3) is 0.158. The van der Waals surface area contributed by atoms with Gasteiger partial charge >= 0.3 is 28.9 Å². The van der Waals surface area contributed by atoms with Gasteiger partial charge in [-0.1, -0.05) is 29.8 Å². The number of fused-ring (bicyclic) bond motifs is 1. The predicted octanol–water partition coefficient (Wildman–Crippen LogP) is 0.467. The van der Waals surface area contributed by atoms with Crippen LogP contribution in [0.25, 0.3) is 10.8 Å². The fourth-order valence-electron chi connectivity index (χ4n) is 2.57. The van der Waals surface area contributed by atoms with Gasteiger partial charge in [0.2, 0.25) is 12.3 Å². The molecule has 0 saturated heterocycles. The van der Waals surface area contributed by atoms with Gasteiger partial charge < -0.3 is 4.74 Å². The maximum absolute atomic E-state index is 12.6. The molecule has 2 aromatic carbocycles. The molecule has 0 radical (unpaired) electrons. The summed E-state index contributed by atoms with van der Waals surface area (Å²) in [6.07, 6.45) is 3.93. The van der Waals surface area contributed by atoms with E-state index in [9.17, 15) is 4.79 Å². The summed E-state index contributed by atoms with van der Waals surface area (Å²) in [5.41, 5.74) is 1.68. The second-order valence-corrected chi connectivity index (χ2v) is 6.67. The van der Waals surface area contributed by atoms with E-state index < -0.39 is 10.2 Å². The summed E-state index contributed by atoms with van der Waals surface area (Å²) in [5, 5.41) is 2.29. The molecule has 0 saturated carbocycles. The van der Waals surface area contributed by atoms with Gasteiger partial charge in [0.25, 0.3) is 0 Å². The number of aryl methyl sites for hydroxylation is 1. The van der Waals surface area contributed by atoms with Gasteiger partial charge in [-0.25, -0.2) is 0 Å². The van der Waals surface area contributed by atoms with Crippen LogP contribution in [0.15, 0.2) is 60.9 Å². The number of carbonyl (C=O) groups excluding carboxylic acids is 1. The van der Waals surface area contributed by atoms with Crippen LogP contribution in [0.2, 0.25) is 0 Å². The summed E-state index contributed by atoms with van der Waals surface area (Å²) < 4.78 is 37.4. The van der Waals surface area contributed by atoms with Crippen LogP contribution in [0.3, 0.4) is 0 Å². The van der Waals surface area contributed by atoms with Gasteiger partial charge in [-0.3, -0.25) is 4.79 Å². The van der Waals surface area contributed by atoms with Crippen molar-refractivity contribution in [3.63, 3.8) is 0 Å². The number of hydrogen-bond acceptors (Lipinski definition) is 6. The number of nitrogens with zero attached hydrogens (tertiary/aromatic N) is 1. The van der Waals surface area contributed by atoms with Gasteiger partial charge in [-0.05, 0) is 30.5 Å². The minimum absolute atomic E-state index is 0.0424. The monoisotopic (exact) mass is 394 g/mol. The number of Topliss-reactive ketones (excluding diaryl/α,β-unsaturated/α-hetero) is 1. The summed E-state index contributed by atoms with van der Waals surface area (Å²) in [5.74, 6) is 0.665. The van der Waals surface area contributed by atoms with Crippen LogP contribution >= 0.6 is 0 Å². The van der Waals surface area contributed by atoms with Gasteiger partial charge in [-0.2, -0.15) is 4.57 Å². The third-order valence-electron chi connectivity index (χ3n) is 3.73. The van der Waals surface area contributed by atoms with Crippen LogP contribution in [0.1, 0.15) is 15.9 Å². The topological polar surface area (TPSA) is 114 Å². The molecule has 27 heavy (non-hydrogen) atoms. The maximum atomic E-state index is 12.6. The molecule has 0 atom stereocenters. The third kappa shape index (κ3) is 6.59. The Balaban J connectivity index is 0.000000465. The van der Waals surface area contributed by atoms with Crippen molar-refractivity contribution in [3.05, 3.63) is 72.1 Å². The molecule has 1 aromatic heterocycles. The summed E-state index contributed by atoms with van der Waals surface area (Å²) in [4.78, 5) is 12.6. The zero-order valence-corrected chi connectivity index (χ0v) is 15.6. The Bertz CT molecular complexity index is 933. The summed E-state index contributed by atoms with van der Waals surface area (Å²) >= 11 is 0. The third-order valence-corrected chi connectivity index (χ3v) is 3.73. The second kappa shape index (κ2) is 8.90. The molecule has 0 bridgehead atoms. The number of rotatable bonds is 4. The van der Waals surface area contributed by atoms with Crippen molar-refractivity contribution < 1.29 is 43.0 Å². The average Bonchev–Trinajstić information content (AvgIpc) is 2.60. The average molecular weight is 395 g/mol. The fourth-order valence-corrected chi connectivity index (χ4v) is 2.57. The molecule has 0 amide bonds. The SMILES string of the molecule is COc1ccc(C)cc1C(=O)C[n+]1ccc2ccccc2c1.[O-][Cl+](O)(O)O. The Labute approximate surface area is 158 Å². The van der Waals surface area contributed by atoms with Crippen molar-refractivity contribution in [3.8, 4) is 5.75 Å². The number of carbonyl (C=O) groups is 1. The predicted molar refractivity (Wildman–Crippen MR) is 92.9 cm³/mol. The molecule has 0 spiro atoms. The number of pyridine rings is 1. The first kappa shape index (κ1) is 20.8. The van der Waals surface area contributed by atoms with Gasteiger partial charge in [0.05, 0.1) is 12.7 Å². The first-order chi connectivity index (χ1) is 12.7. The molecule has 3 aromatic rings. The van der Waals surface area contributed by atoms with Gasteiger partial charge in [0, 0.05) is 11.5 Å². The quantitative estimate of drug-likeness (QED) is 0.438. The molecular weight excluding hydrogens is 374 g/mol. The van der Waals surface area contributed by atoms with Crippen molar-refractivity contribution in [2.75, 3.05) is 7.11 Å². The molecule has 3 rings (SSSR count). The van der Waals surface area contributed by atoms with Crippen LogP contribution in [-0.2, 0) is 6.54 Å². The summed E-state index contributed by atoms with van der Waals surface area (Å²) in [7, 11) is -2.61. The van der Waals surface area contributed by atoms with E-state index >= 15 is 0 Å². The zero-order chi connectivity index (χ0) is 20.0. The Morgan fingerprint density at radius 3 is 2.37 bits per heavy atom. The van der Waals surface area contributed by atoms with Crippen molar-refractivity contribution in [1.29, 1.82) is 0 Å². The number of methoxy groups -OCH3 is 1. The molecule has 1 heterocycles. The molecule has 3 N–H and O–H groups in total. The first-order valence-corrected chi connectivity index (χ1v) is 9.21. The van der Waals surface area contributed by atoms with Crippen molar-refractivity contribution >= 4 is 16.6 Å². The van der Waals surface area contributed by atoms with Crippen LogP contribution < -0.4 is 14.0 Å². The molecule has 0 fully saturated rings. The number of ether oxygens (including phenoxy) is 1. The van der Waals surface area contributed by atoms with Gasteiger partial charge in [0.1, 0.15) is 5.75 Å². The molecule has 0 aliphatic heterocycles. The van der Waals surface area contributed by atoms with E-state index in [0.29, 0.717) is 17.9 Å². The van der Waals surface area contributed by atoms with Crippen LogP contribution in [0.5, 0.6) is 5.75 Å². The van der Waals surface area contributed by atoms with E-state index in [1.807, 2.05) is 66.3 Å². The molecular formula is C19H21ClNO6+. The Morgan fingerprint density at radius 1 is 1.11 bits per heavy atom. The summed E-state index contributed by atoms with van der Waals surface area (Å²) in [6, 6.07) is 15.8. The van der Waals surface area contributed by atoms with E-state index in [2.05, 4.69) is 6.07 Å². The van der Waals surface area contributed by atoms with E-state index in [4.69, 9.17) is 23.4 Å². The van der Waals surface area contributed by atoms with Gasteiger partial charge in [0.15, 0.2) is 12.4 Å². The second-order valence-electron chi connectivity index (χ2n) is 5.81. The van der Waals surface area contributed by atoms with E-state index in [1.165, 1.54) is 5.39 Å². The minimum atomic E-state index is -4.19. The zero-order valence-electron chi connectivity index (χ0n) is 14.9. The number of aromatic nitrogens is 1. The first-order valence-electron chi connectivity index (χ1n) is 7.89. The van der Waals surface area contributed by atoms with E-state index in [0.717, 1.165) is 10.9 Å². The molecule has 7 nitrogen and oxygen atoms in total. The Morgan fingerprint density at radius 2 is 1.74 bits per heavy atom. The van der Waals surface area contributed by atoms with Crippen LogP contribution in [0, 0.1) is 17.2 Å². The standard InChI is InChI=1S/C19H18NO2.ClH3O4/c1-14-7-8-19(22-2)17(11-14)18(21)13-20-10-9-15-5-3-4-6-16(15)12-20;2-1(3,4)5/h3-12H,13H2,1-2H3;2-4H/q+1;. The number of ketones is 1. The Kier molecular flexibility index (Phi) is 6.84. The summed E-state index contributed by atoms with van der Waals surface area (Å²) in [6.45, 7) is 2.27. The molecule has 0 aliphatic carbocycles. The van der Waals surface area contributed by atoms with Crippen LogP contribution in [-0.4, -0.2) is 26.9 Å². The van der Waals surface area contributed by atoms with Crippen molar-refractivity contribution in [2.45, 2.75) is 13.5 Å². The van der Waals surface area contributed by atoms with E-state index in [-0.39, 0.29) is 5.78 Å². The van der Waals surface area contributed by atoms with Crippen molar-refractivity contribution in [1.82, 2.24) is 0 Å². The van der Waals surface area contributed by atoms with Crippen LogP contribution in [0.4, 0.5) is 0 Å². The van der Waals surface area contributed by atoms with Crippen molar-refractivity contribution in [2.24, 2.45) is 0 Å². The number of benzene rings is 2. The number of hydrogen-bond donors (Lipinski definition) is 3.